The molecule has 3 nitrogen and oxygen atoms in total. The summed E-state index contributed by atoms with van der Waals surface area (Å²) in [4.78, 5) is 22.1. The SMILES string of the molecule is COC(=O)C(=C(C)C=O)c1ccccc1. The lowest BCUT2D eigenvalue weighted by molar-refractivity contribution is -0.133. The van der Waals surface area contributed by atoms with Gasteiger partial charge in [0.2, 0.25) is 0 Å². The zero-order valence-corrected chi connectivity index (χ0v) is 8.69. The van der Waals surface area contributed by atoms with Gasteiger partial charge in [-0.25, -0.2) is 4.79 Å². The van der Waals surface area contributed by atoms with E-state index in [0.717, 1.165) is 0 Å². The number of methoxy groups -OCH3 is 1. The maximum absolute atomic E-state index is 11.5. The molecule has 1 aromatic carbocycles. The molecule has 0 fully saturated rings. The number of rotatable bonds is 3. The van der Waals surface area contributed by atoms with Crippen molar-refractivity contribution in [2.24, 2.45) is 0 Å². The molecular weight excluding hydrogens is 192 g/mol. The lowest BCUT2D eigenvalue weighted by Crippen LogP contribution is -2.06. The van der Waals surface area contributed by atoms with E-state index in [-0.39, 0.29) is 0 Å². The molecule has 0 atom stereocenters. The molecule has 0 amide bonds. The van der Waals surface area contributed by atoms with E-state index >= 15 is 0 Å². The third kappa shape index (κ3) is 2.53. The van der Waals surface area contributed by atoms with Gasteiger partial charge < -0.3 is 4.74 Å². The second-order valence-corrected chi connectivity index (χ2v) is 3.03. The fourth-order valence-corrected chi connectivity index (χ4v) is 1.27. The number of carbonyl (C=O) groups excluding carboxylic acids is 2. The van der Waals surface area contributed by atoms with Gasteiger partial charge >= 0.3 is 5.97 Å². The second kappa shape index (κ2) is 5.10. The number of aldehydes is 1. The Kier molecular flexibility index (Phi) is 3.80. The Bertz CT molecular complexity index is 391. The Morgan fingerprint density at radius 1 is 1.27 bits per heavy atom. The van der Waals surface area contributed by atoms with Crippen LogP contribution >= 0.6 is 0 Å². The van der Waals surface area contributed by atoms with Crippen LogP contribution in [0.1, 0.15) is 12.5 Å². The molecule has 1 rings (SSSR count). The quantitative estimate of drug-likeness (QED) is 0.428. The van der Waals surface area contributed by atoms with Crippen molar-refractivity contribution in [3.8, 4) is 0 Å². The molecule has 15 heavy (non-hydrogen) atoms. The normalized spacial score (nSPS) is 11.6. The van der Waals surface area contributed by atoms with Gasteiger partial charge in [0.25, 0.3) is 0 Å². The van der Waals surface area contributed by atoms with E-state index in [2.05, 4.69) is 4.74 Å². The fraction of sp³-hybridized carbons (Fsp3) is 0.167. The Hall–Kier alpha value is -1.90. The highest BCUT2D eigenvalue weighted by molar-refractivity contribution is 6.20. The summed E-state index contributed by atoms with van der Waals surface area (Å²) in [7, 11) is 1.29. The van der Waals surface area contributed by atoms with Crippen LogP contribution < -0.4 is 0 Å². The van der Waals surface area contributed by atoms with E-state index in [1.807, 2.05) is 6.07 Å². The summed E-state index contributed by atoms with van der Waals surface area (Å²) in [5.74, 6) is -0.495. The van der Waals surface area contributed by atoms with Crippen LogP contribution in [0, 0.1) is 0 Å². The van der Waals surface area contributed by atoms with Gasteiger partial charge in [0, 0.05) is 5.57 Å². The number of allylic oxidation sites excluding steroid dienone is 1. The molecule has 0 aromatic heterocycles. The van der Waals surface area contributed by atoms with Crippen LogP contribution in [0.25, 0.3) is 5.57 Å². The van der Waals surface area contributed by atoms with Crippen molar-refractivity contribution in [3.05, 3.63) is 41.5 Å². The van der Waals surface area contributed by atoms with Gasteiger partial charge in [-0.15, -0.1) is 0 Å². The van der Waals surface area contributed by atoms with E-state index in [1.54, 1.807) is 31.2 Å². The molecule has 3 heteroatoms. The summed E-state index contributed by atoms with van der Waals surface area (Å²) in [6.45, 7) is 1.59. The lowest BCUT2D eigenvalue weighted by Gasteiger charge is -2.06. The molecule has 0 aliphatic heterocycles. The molecule has 0 aliphatic rings. The van der Waals surface area contributed by atoms with Gasteiger partial charge in [-0.1, -0.05) is 30.3 Å². The Balaban J connectivity index is 3.26. The average Bonchev–Trinajstić information content (AvgIpc) is 2.30. The van der Waals surface area contributed by atoms with Crippen molar-refractivity contribution < 1.29 is 14.3 Å². The van der Waals surface area contributed by atoms with Crippen LogP contribution in [-0.2, 0) is 14.3 Å². The van der Waals surface area contributed by atoms with E-state index in [4.69, 9.17) is 0 Å². The largest absolute Gasteiger partial charge is 0.465 e. The predicted octanol–water partition coefficient (Wildman–Crippen LogP) is 1.83. The summed E-state index contributed by atoms with van der Waals surface area (Å²) in [5, 5.41) is 0. The van der Waals surface area contributed by atoms with E-state index < -0.39 is 5.97 Å². The van der Waals surface area contributed by atoms with Crippen LogP contribution in [0.5, 0.6) is 0 Å². The van der Waals surface area contributed by atoms with Crippen LogP contribution in [0.15, 0.2) is 35.9 Å². The fourth-order valence-electron chi connectivity index (χ4n) is 1.27. The van der Waals surface area contributed by atoms with E-state index in [9.17, 15) is 9.59 Å². The molecular formula is C12H12O3. The van der Waals surface area contributed by atoms with Crippen molar-refractivity contribution in [2.45, 2.75) is 6.92 Å². The molecule has 0 spiro atoms. The number of hydrogen-bond donors (Lipinski definition) is 0. The van der Waals surface area contributed by atoms with Crippen LogP contribution in [0.4, 0.5) is 0 Å². The predicted molar refractivity (Wildman–Crippen MR) is 57.1 cm³/mol. The molecule has 0 N–H and O–H groups in total. The molecule has 0 radical (unpaired) electrons. The second-order valence-electron chi connectivity index (χ2n) is 3.03. The lowest BCUT2D eigenvalue weighted by atomic mass is 10.0. The van der Waals surface area contributed by atoms with E-state index in [1.165, 1.54) is 7.11 Å². The van der Waals surface area contributed by atoms with Gasteiger partial charge in [0.15, 0.2) is 0 Å². The van der Waals surface area contributed by atoms with Crippen molar-refractivity contribution in [3.63, 3.8) is 0 Å². The first-order valence-corrected chi connectivity index (χ1v) is 4.50. The molecule has 0 saturated carbocycles. The topological polar surface area (TPSA) is 43.4 Å². The minimum Gasteiger partial charge on any atom is -0.465 e. The van der Waals surface area contributed by atoms with Crippen molar-refractivity contribution in [1.82, 2.24) is 0 Å². The number of esters is 1. The Morgan fingerprint density at radius 2 is 1.87 bits per heavy atom. The summed E-state index contributed by atoms with van der Waals surface area (Å²) < 4.78 is 4.63. The number of benzene rings is 1. The summed E-state index contributed by atoms with van der Waals surface area (Å²) in [6, 6.07) is 8.97. The van der Waals surface area contributed by atoms with Crippen molar-refractivity contribution in [2.75, 3.05) is 7.11 Å². The maximum atomic E-state index is 11.5. The molecule has 0 saturated heterocycles. The molecule has 0 bridgehead atoms. The molecule has 78 valence electrons. The van der Waals surface area contributed by atoms with Gasteiger partial charge in [-0.3, -0.25) is 4.79 Å². The highest BCUT2D eigenvalue weighted by atomic mass is 16.5. The minimum absolute atomic E-state index is 0.313. The van der Waals surface area contributed by atoms with Crippen molar-refractivity contribution in [1.29, 1.82) is 0 Å². The first kappa shape index (κ1) is 11.2. The average molecular weight is 204 g/mol. The van der Waals surface area contributed by atoms with Crippen molar-refractivity contribution >= 4 is 17.8 Å². The Labute approximate surface area is 88.4 Å². The zero-order chi connectivity index (χ0) is 11.3. The first-order chi connectivity index (χ1) is 7.20. The molecule has 1 aromatic rings. The number of ether oxygens (including phenoxy) is 1. The zero-order valence-electron chi connectivity index (χ0n) is 8.69. The molecule has 0 heterocycles. The van der Waals surface area contributed by atoms with E-state index in [0.29, 0.717) is 23.0 Å². The van der Waals surface area contributed by atoms with Gasteiger partial charge in [-0.05, 0) is 12.5 Å². The Morgan fingerprint density at radius 3 is 2.33 bits per heavy atom. The summed E-state index contributed by atoms with van der Waals surface area (Å²) in [5.41, 5.74) is 1.37. The number of carbonyl (C=O) groups is 2. The van der Waals surface area contributed by atoms with Gasteiger partial charge in [-0.2, -0.15) is 0 Å². The summed E-state index contributed by atoms with van der Waals surface area (Å²) in [6.07, 6.45) is 0.652. The minimum atomic E-state index is -0.495. The third-order valence-corrected chi connectivity index (χ3v) is 2.02. The maximum Gasteiger partial charge on any atom is 0.338 e. The highest BCUT2D eigenvalue weighted by Gasteiger charge is 2.14. The third-order valence-electron chi connectivity index (χ3n) is 2.02. The molecule has 0 aliphatic carbocycles. The smallest absolute Gasteiger partial charge is 0.338 e. The molecule has 0 unspecified atom stereocenters. The number of hydrogen-bond acceptors (Lipinski definition) is 3. The van der Waals surface area contributed by atoms with Crippen LogP contribution in [0.3, 0.4) is 0 Å². The van der Waals surface area contributed by atoms with Crippen LogP contribution in [-0.4, -0.2) is 19.4 Å². The first-order valence-electron chi connectivity index (χ1n) is 4.50. The van der Waals surface area contributed by atoms with Crippen LogP contribution in [0.2, 0.25) is 0 Å². The summed E-state index contributed by atoms with van der Waals surface area (Å²) >= 11 is 0. The standard InChI is InChI=1S/C12H12O3/c1-9(8-13)11(12(14)15-2)10-6-4-3-5-7-10/h3-8H,1-2H3. The van der Waals surface area contributed by atoms with Gasteiger partial charge in [0.05, 0.1) is 12.7 Å². The van der Waals surface area contributed by atoms with Gasteiger partial charge in [0.1, 0.15) is 6.29 Å². The monoisotopic (exact) mass is 204 g/mol. The highest BCUT2D eigenvalue weighted by Crippen LogP contribution is 2.18.